The number of benzene rings is 2. The summed E-state index contributed by atoms with van der Waals surface area (Å²) in [4.78, 5) is 2.31. The van der Waals surface area contributed by atoms with Crippen molar-refractivity contribution in [3.63, 3.8) is 0 Å². The van der Waals surface area contributed by atoms with Crippen molar-refractivity contribution in [2.75, 3.05) is 13.1 Å². The first-order valence-electron chi connectivity index (χ1n) is 8.45. The summed E-state index contributed by atoms with van der Waals surface area (Å²) in [6.45, 7) is 4.77. The van der Waals surface area contributed by atoms with Crippen molar-refractivity contribution in [1.29, 1.82) is 5.26 Å². The van der Waals surface area contributed by atoms with Crippen molar-refractivity contribution in [1.82, 2.24) is 4.90 Å². The normalized spacial score (nSPS) is 21.1. The molecule has 1 aliphatic rings. The lowest BCUT2D eigenvalue weighted by Gasteiger charge is -2.35. The molecule has 1 aliphatic heterocycles. The van der Waals surface area contributed by atoms with E-state index in [4.69, 9.17) is 22.6 Å². The van der Waals surface area contributed by atoms with Crippen LogP contribution in [-0.2, 0) is 6.54 Å². The van der Waals surface area contributed by atoms with Crippen LogP contribution < -0.4 is 5.73 Å². The first-order valence-corrected chi connectivity index (χ1v) is 8.82. The van der Waals surface area contributed by atoms with Crippen LogP contribution in [0.15, 0.2) is 36.4 Å². The number of nitrogens with zero attached hydrogens (tertiary/aromatic N) is 2. The molecule has 0 radical (unpaired) electrons. The fourth-order valence-electron chi connectivity index (χ4n) is 3.25. The second-order valence-electron chi connectivity index (χ2n) is 6.75. The molecular weight excluding hydrogens is 337 g/mol. The average Bonchev–Trinajstić information content (AvgIpc) is 2.60. The van der Waals surface area contributed by atoms with Gasteiger partial charge in [0.1, 0.15) is 11.9 Å². The largest absolute Gasteiger partial charge is 0.326 e. The molecule has 0 spiro atoms. The standard InChI is InChI=1S/C20H21ClFN3/c1-13-7-8-25(12-19(13)24)11-16-3-2-4-17(20(16)21)14-5-6-15(10-23)18(22)9-14/h2-6,9,13,19H,7-8,11-12,24H2,1H3/t13-,19-/m1/s1. The van der Waals surface area contributed by atoms with Crippen LogP contribution in [0.4, 0.5) is 4.39 Å². The maximum absolute atomic E-state index is 13.9. The van der Waals surface area contributed by atoms with Crippen LogP contribution in [0.25, 0.3) is 11.1 Å². The number of hydrogen-bond acceptors (Lipinski definition) is 3. The van der Waals surface area contributed by atoms with E-state index in [1.807, 2.05) is 24.3 Å². The molecule has 5 heteroatoms. The summed E-state index contributed by atoms with van der Waals surface area (Å²) in [5, 5.41) is 9.49. The number of piperidine rings is 1. The summed E-state index contributed by atoms with van der Waals surface area (Å²) in [5.74, 6) is 0.0112. The Hall–Kier alpha value is -1.93. The maximum atomic E-state index is 13.9. The van der Waals surface area contributed by atoms with E-state index < -0.39 is 5.82 Å². The summed E-state index contributed by atoms with van der Waals surface area (Å²) in [5.41, 5.74) is 8.67. The molecule has 2 aromatic rings. The Morgan fingerprint density at radius 2 is 2.16 bits per heavy atom. The Morgan fingerprint density at radius 1 is 1.36 bits per heavy atom. The maximum Gasteiger partial charge on any atom is 0.141 e. The first kappa shape index (κ1) is 17.9. The fourth-order valence-corrected chi connectivity index (χ4v) is 3.55. The molecule has 2 aromatic carbocycles. The number of hydrogen-bond donors (Lipinski definition) is 1. The van der Waals surface area contributed by atoms with Crippen LogP contribution in [0, 0.1) is 23.1 Å². The van der Waals surface area contributed by atoms with E-state index in [9.17, 15) is 4.39 Å². The van der Waals surface area contributed by atoms with Crippen LogP contribution in [0.3, 0.4) is 0 Å². The van der Waals surface area contributed by atoms with E-state index in [0.717, 1.165) is 37.2 Å². The molecule has 3 nitrogen and oxygen atoms in total. The second kappa shape index (κ2) is 7.53. The van der Waals surface area contributed by atoms with Gasteiger partial charge < -0.3 is 5.73 Å². The molecule has 3 rings (SSSR count). The highest BCUT2D eigenvalue weighted by atomic mass is 35.5. The molecule has 1 heterocycles. The highest BCUT2D eigenvalue weighted by Crippen LogP contribution is 2.32. The van der Waals surface area contributed by atoms with Gasteiger partial charge in [-0.15, -0.1) is 0 Å². The Kier molecular flexibility index (Phi) is 5.39. The molecule has 0 saturated carbocycles. The Labute approximate surface area is 152 Å². The van der Waals surface area contributed by atoms with E-state index in [1.165, 1.54) is 12.1 Å². The molecule has 0 aromatic heterocycles. The SMILES string of the molecule is C[C@@H]1CCN(Cc2cccc(-c3ccc(C#N)c(F)c3)c2Cl)C[C@H]1N. The molecule has 130 valence electrons. The van der Waals surface area contributed by atoms with Gasteiger partial charge in [0, 0.05) is 24.7 Å². The lowest BCUT2D eigenvalue weighted by molar-refractivity contribution is 0.162. The molecule has 0 amide bonds. The zero-order chi connectivity index (χ0) is 18.0. The van der Waals surface area contributed by atoms with E-state index in [-0.39, 0.29) is 11.6 Å². The van der Waals surface area contributed by atoms with Crippen molar-refractivity contribution < 1.29 is 4.39 Å². The molecule has 0 bridgehead atoms. The van der Waals surface area contributed by atoms with Gasteiger partial charge in [0.25, 0.3) is 0 Å². The van der Waals surface area contributed by atoms with Crippen molar-refractivity contribution >= 4 is 11.6 Å². The molecular formula is C20H21ClFN3. The number of halogens is 2. The number of rotatable bonds is 3. The predicted octanol–water partition coefficient (Wildman–Crippen LogP) is 4.19. The van der Waals surface area contributed by atoms with Crippen molar-refractivity contribution in [2.24, 2.45) is 11.7 Å². The minimum Gasteiger partial charge on any atom is -0.326 e. The predicted molar refractivity (Wildman–Crippen MR) is 98.6 cm³/mol. The third-order valence-electron chi connectivity index (χ3n) is 4.97. The van der Waals surface area contributed by atoms with Gasteiger partial charge >= 0.3 is 0 Å². The van der Waals surface area contributed by atoms with Gasteiger partial charge in [-0.05, 0) is 42.1 Å². The lowest BCUT2D eigenvalue weighted by atomic mass is 9.94. The van der Waals surface area contributed by atoms with E-state index in [0.29, 0.717) is 16.5 Å². The van der Waals surface area contributed by atoms with Gasteiger partial charge in [-0.3, -0.25) is 4.90 Å². The molecule has 25 heavy (non-hydrogen) atoms. The van der Waals surface area contributed by atoms with Crippen LogP contribution in [0.1, 0.15) is 24.5 Å². The summed E-state index contributed by atoms with van der Waals surface area (Å²) in [6.07, 6.45) is 1.08. The highest BCUT2D eigenvalue weighted by Gasteiger charge is 2.23. The number of nitrogens with two attached hydrogens (primary N) is 1. The first-order chi connectivity index (χ1) is 12.0. The zero-order valence-corrected chi connectivity index (χ0v) is 14.9. The lowest BCUT2D eigenvalue weighted by Crippen LogP contribution is -2.47. The molecule has 0 aliphatic carbocycles. The highest BCUT2D eigenvalue weighted by molar-refractivity contribution is 6.34. The topological polar surface area (TPSA) is 53.0 Å². The summed E-state index contributed by atoms with van der Waals surface area (Å²) >= 11 is 6.61. The molecule has 0 unspecified atom stereocenters. The minimum atomic E-state index is -0.530. The van der Waals surface area contributed by atoms with Gasteiger partial charge in [0.05, 0.1) is 10.6 Å². The summed E-state index contributed by atoms with van der Waals surface area (Å²) in [6, 6.07) is 12.4. The van der Waals surface area contributed by atoms with Gasteiger partial charge in [0.15, 0.2) is 0 Å². The molecule has 1 saturated heterocycles. The monoisotopic (exact) mass is 357 g/mol. The zero-order valence-electron chi connectivity index (χ0n) is 14.2. The summed E-state index contributed by atoms with van der Waals surface area (Å²) < 4.78 is 13.9. The van der Waals surface area contributed by atoms with E-state index in [1.54, 1.807) is 6.07 Å². The van der Waals surface area contributed by atoms with Gasteiger partial charge in [-0.1, -0.05) is 42.8 Å². The molecule has 1 fully saturated rings. The van der Waals surface area contributed by atoms with Crippen molar-refractivity contribution in [3.8, 4) is 17.2 Å². The van der Waals surface area contributed by atoms with Crippen LogP contribution in [-0.4, -0.2) is 24.0 Å². The molecule has 2 N–H and O–H groups in total. The van der Waals surface area contributed by atoms with Gasteiger partial charge in [-0.2, -0.15) is 5.26 Å². The fraction of sp³-hybridized carbons (Fsp3) is 0.350. The van der Waals surface area contributed by atoms with Gasteiger partial charge in [-0.25, -0.2) is 4.39 Å². The third-order valence-corrected chi connectivity index (χ3v) is 5.42. The molecule has 2 atom stereocenters. The number of likely N-dealkylation sites (tertiary alicyclic amines) is 1. The van der Waals surface area contributed by atoms with Crippen molar-refractivity contribution in [2.45, 2.75) is 25.9 Å². The second-order valence-corrected chi connectivity index (χ2v) is 7.13. The Morgan fingerprint density at radius 3 is 2.84 bits per heavy atom. The van der Waals surface area contributed by atoms with Crippen LogP contribution >= 0.6 is 11.6 Å². The average molecular weight is 358 g/mol. The van der Waals surface area contributed by atoms with E-state index >= 15 is 0 Å². The van der Waals surface area contributed by atoms with E-state index in [2.05, 4.69) is 11.8 Å². The summed E-state index contributed by atoms with van der Waals surface area (Å²) in [7, 11) is 0. The third kappa shape index (κ3) is 3.85. The smallest absolute Gasteiger partial charge is 0.141 e. The number of nitriles is 1. The minimum absolute atomic E-state index is 0.0347. The van der Waals surface area contributed by atoms with Crippen LogP contribution in [0.5, 0.6) is 0 Å². The Bertz CT molecular complexity index is 815. The van der Waals surface area contributed by atoms with Gasteiger partial charge in [0.2, 0.25) is 0 Å². The quantitative estimate of drug-likeness (QED) is 0.896. The van der Waals surface area contributed by atoms with Crippen LogP contribution in [0.2, 0.25) is 5.02 Å². The Balaban J connectivity index is 1.85. The van der Waals surface area contributed by atoms with Crippen molar-refractivity contribution in [3.05, 3.63) is 58.4 Å².